The Bertz CT molecular complexity index is 453. The molecule has 1 aromatic rings. The SMILES string of the molecule is O=C(c1cc2c(s1)CCCC2)N(CCO)C1CCCC1. The van der Waals surface area contributed by atoms with Crippen LogP contribution in [0.15, 0.2) is 6.07 Å². The summed E-state index contributed by atoms with van der Waals surface area (Å²) in [6, 6.07) is 2.45. The first kappa shape index (κ1) is 14.1. The van der Waals surface area contributed by atoms with Gasteiger partial charge in [-0.1, -0.05) is 12.8 Å². The van der Waals surface area contributed by atoms with E-state index < -0.39 is 0 Å². The van der Waals surface area contributed by atoms with Crippen LogP contribution >= 0.6 is 11.3 Å². The highest BCUT2D eigenvalue weighted by molar-refractivity contribution is 7.14. The molecule has 1 fully saturated rings. The van der Waals surface area contributed by atoms with Gasteiger partial charge in [-0.05, 0) is 50.2 Å². The van der Waals surface area contributed by atoms with E-state index in [-0.39, 0.29) is 12.5 Å². The van der Waals surface area contributed by atoms with Crippen molar-refractivity contribution in [1.29, 1.82) is 0 Å². The first-order valence-electron chi connectivity index (χ1n) is 7.83. The van der Waals surface area contributed by atoms with Gasteiger partial charge < -0.3 is 10.0 Å². The predicted octanol–water partition coefficient (Wildman–Crippen LogP) is 3.00. The lowest BCUT2D eigenvalue weighted by Crippen LogP contribution is -2.40. The Hall–Kier alpha value is -0.870. The molecule has 0 unspecified atom stereocenters. The number of nitrogens with zero attached hydrogens (tertiary/aromatic N) is 1. The molecule has 0 saturated heterocycles. The van der Waals surface area contributed by atoms with Gasteiger partial charge in [-0.15, -0.1) is 11.3 Å². The standard InChI is InChI=1S/C16H23NO2S/c18-10-9-17(13-6-2-3-7-13)16(19)15-11-12-5-1-4-8-14(12)20-15/h11,13,18H,1-10H2. The maximum absolute atomic E-state index is 12.8. The summed E-state index contributed by atoms with van der Waals surface area (Å²) in [5.41, 5.74) is 1.39. The zero-order valence-electron chi connectivity index (χ0n) is 11.9. The fraction of sp³-hybridized carbons (Fsp3) is 0.688. The lowest BCUT2D eigenvalue weighted by Gasteiger charge is -2.27. The zero-order chi connectivity index (χ0) is 13.9. The molecule has 110 valence electrons. The van der Waals surface area contributed by atoms with E-state index in [4.69, 9.17) is 0 Å². The summed E-state index contributed by atoms with van der Waals surface area (Å²) in [6.45, 7) is 0.541. The van der Waals surface area contributed by atoms with Crippen LogP contribution in [0.25, 0.3) is 0 Å². The van der Waals surface area contributed by atoms with E-state index in [0.717, 1.165) is 30.6 Å². The highest BCUT2D eigenvalue weighted by atomic mass is 32.1. The van der Waals surface area contributed by atoms with Crippen molar-refractivity contribution in [2.24, 2.45) is 0 Å². The molecule has 20 heavy (non-hydrogen) atoms. The monoisotopic (exact) mass is 293 g/mol. The van der Waals surface area contributed by atoms with Gasteiger partial charge in [-0.3, -0.25) is 4.79 Å². The van der Waals surface area contributed by atoms with E-state index in [9.17, 15) is 9.90 Å². The normalized spacial score (nSPS) is 19.1. The zero-order valence-corrected chi connectivity index (χ0v) is 12.8. The van der Waals surface area contributed by atoms with Crippen LogP contribution in [0.1, 0.15) is 58.6 Å². The summed E-state index contributed by atoms with van der Waals surface area (Å²) in [5, 5.41) is 9.26. The van der Waals surface area contributed by atoms with Crippen LogP contribution in [-0.2, 0) is 12.8 Å². The van der Waals surface area contributed by atoms with Crippen LogP contribution in [0, 0.1) is 0 Å². The number of hydrogen-bond donors (Lipinski definition) is 1. The molecule has 1 amide bonds. The summed E-state index contributed by atoms with van der Waals surface area (Å²) in [4.78, 5) is 17.0. The largest absolute Gasteiger partial charge is 0.395 e. The summed E-state index contributed by atoms with van der Waals surface area (Å²) in [7, 11) is 0. The van der Waals surface area contributed by atoms with Crippen LogP contribution in [0.5, 0.6) is 0 Å². The molecule has 4 heteroatoms. The quantitative estimate of drug-likeness (QED) is 0.927. The van der Waals surface area contributed by atoms with E-state index in [1.807, 2.05) is 4.90 Å². The van der Waals surface area contributed by atoms with Crippen LogP contribution in [0.3, 0.4) is 0 Å². The lowest BCUT2D eigenvalue weighted by atomic mass is 9.99. The van der Waals surface area contributed by atoms with Gasteiger partial charge in [0.2, 0.25) is 0 Å². The number of aryl methyl sites for hydroxylation is 2. The molecule has 2 aliphatic carbocycles. The number of aliphatic hydroxyl groups excluding tert-OH is 1. The van der Waals surface area contributed by atoms with Crippen molar-refractivity contribution in [3.63, 3.8) is 0 Å². The number of thiophene rings is 1. The third-order valence-electron chi connectivity index (χ3n) is 4.57. The van der Waals surface area contributed by atoms with Gasteiger partial charge in [0.25, 0.3) is 5.91 Å². The van der Waals surface area contributed by atoms with Gasteiger partial charge in [-0.2, -0.15) is 0 Å². The first-order chi connectivity index (χ1) is 9.79. The van der Waals surface area contributed by atoms with Crippen molar-refractivity contribution >= 4 is 17.2 Å². The summed E-state index contributed by atoms with van der Waals surface area (Å²) in [6.07, 6.45) is 9.37. The third-order valence-corrected chi connectivity index (χ3v) is 5.80. The Labute approximate surface area is 124 Å². The Morgan fingerprint density at radius 3 is 2.70 bits per heavy atom. The smallest absolute Gasteiger partial charge is 0.264 e. The molecule has 2 aliphatic rings. The maximum atomic E-state index is 12.8. The van der Waals surface area contributed by atoms with Crippen LogP contribution in [0.4, 0.5) is 0 Å². The Morgan fingerprint density at radius 2 is 2.00 bits per heavy atom. The van der Waals surface area contributed by atoms with Crippen molar-refractivity contribution in [3.05, 3.63) is 21.4 Å². The molecule has 1 aromatic heterocycles. The Kier molecular flexibility index (Phi) is 4.41. The average molecular weight is 293 g/mol. The third kappa shape index (κ3) is 2.77. The molecular weight excluding hydrogens is 270 g/mol. The number of carbonyl (C=O) groups is 1. The van der Waals surface area contributed by atoms with E-state index in [1.54, 1.807) is 11.3 Å². The fourth-order valence-corrected chi connectivity index (χ4v) is 4.72. The van der Waals surface area contributed by atoms with Crippen molar-refractivity contribution in [2.45, 2.75) is 57.4 Å². The minimum Gasteiger partial charge on any atom is -0.395 e. The predicted molar refractivity (Wildman–Crippen MR) is 81.3 cm³/mol. The van der Waals surface area contributed by atoms with Gasteiger partial charge in [0.15, 0.2) is 0 Å². The van der Waals surface area contributed by atoms with Crippen molar-refractivity contribution in [2.75, 3.05) is 13.2 Å². The molecule has 1 N–H and O–H groups in total. The number of fused-ring (bicyclic) bond motifs is 1. The Balaban J connectivity index is 1.79. The molecule has 0 spiro atoms. The highest BCUT2D eigenvalue weighted by Crippen LogP contribution is 2.32. The summed E-state index contributed by atoms with van der Waals surface area (Å²) in [5.74, 6) is 0.144. The second kappa shape index (κ2) is 6.27. The fourth-order valence-electron chi connectivity index (χ4n) is 3.51. The Morgan fingerprint density at radius 1 is 1.25 bits per heavy atom. The number of amides is 1. The minimum atomic E-state index is 0.0628. The second-order valence-corrected chi connectivity index (χ2v) is 7.06. The molecule has 0 atom stereocenters. The molecule has 0 aromatic carbocycles. The van der Waals surface area contributed by atoms with Gasteiger partial charge in [-0.25, -0.2) is 0 Å². The van der Waals surface area contributed by atoms with Crippen LogP contribution < -0.4 is 0 Å². The molecule has 1 heterocycles. The molecule has 0 aliphatic heterocycles. The summed E-state index contributed by atoms with van der Waals surface area (Å²) < 4.78 is 0. The molecular formula is C16H23NO2S. The van der Waals surface area contributed by atoms with E-state index in [1.165, 1.54) is 36.1 Å². The van der Waals surface area contributed by atoms with E-state index in [2.05, 4.69) is 6.07 Å². The number of hydrogen-bond acceptors (Lipinski definition) is 3. The summed E-state index contributed by atoms with van der Waals surface area (Å²) >= 11 is 1.68. The first-order valence-corrected chi connectivity index (χ1v) is 8.64. The molecule has 0 radical (unpaired) electrons. The van der Waals surface area contributed by atoms with Gasteiger partial charge in [0.1, 0.15) is 0 Å². The average Bonchev–Trinajstić information content (AvgIpc) is 3.12. The number of carbonyl (C=O) groups excluding carboxylic acids is 1. The second-order valence-electron chi connectivity index (χ2n) is 5.93. The molecule has 3 nitrogen and oxygen atoms in total. The lowest BCUT2D eigenvalue weighted by molar-refractivity contribution is 0.0643. The van der Waals surface area contributed by atoms with Crippen molar-refractivity contribution < 1.29 is 9.90 Å². The maximum Gasteiger partial charge on any atom is 0.264 e. The van der Waals surface area contributed by atoms with Crippen molar-refractivity contribution in [3.8, 4) is 0 Å². The highest BCUT2D eigenvalue weighted by Gasteiger charge is 2.28. The number of aliphatic hydroxyl groups is 1. The topological polar surface area (TPSA) is 40.5 Å². The van der Waals surface area contributed by atoms with Crippen LogP contribution in [0.2, 0.25) is 0 Å². The molecule has 1 saturated carbocycles. The van der Waals surface area contributed by atoms with E-state index >= 15 is 0 Å². The van der Waals surface area contributed by atoms with Gasteiger partial charge >= 0.3 is 0 Å². The van der Waals surface area contributed by atoms with Crippen molar-refractivity contribution in [1.82, 2.24) is 4.90 Å². The molecule has 0 bridgehead atoms. The molecule has 3 rings (SSSR count). The van der Waals surface area contributed by atoms with Crippen LogP contribution in [-0.4, -0.2) is 35.1 Å². The van der Waals surface area contributed by atoms with E-state index in [0.29, 0.717) is 12.6 Å². The van der Waals surface area contributed by atoms with Gasteiger partial charge in [0.05, 0.1) is 11.5 Å². The minimum absolute atomic E-state index is 0.0628. The number of rotatable bonds is 4. The van der Waals surface area contributed by atoms with Gasteiger partial charge in [0, 0.05) is 17.5 Å².